The number of hydrogen-bond donors (Lipinski definition) is 0. The van der Waals surface area contributed by atoms with E-state index in [1.807, 2.05) is 28.9 Å². The topological polar surface area (TPSA) is 51.0 Å². The lowest BCUT2D eigenvalue weighted by atomic mass is 9.98. The first kappa shape index (κ1) is 16.2. The van der Waals surface area contributed by atoms with E-state index in [9.17, 15) is 4.79 Å². The third kappa shape index (κ3) is 3.80. The fourth-order valence-corrected chi connectivity index (χ4v) is 3.99. The van der Waals surface area contributed by atoms with Crippen LogP contribution in [0.5, 0.6) is 0 Å². The Morgan fingerprint density at radius 3 is 3.00 bits per heavy atom. The van der Waals surface area contributed by atoms with Crippen molar-refractivity contribution in [1.29, 1.82) is 0 Å². The van der Waals surface area contributed by atoms with Crippen molar-refractivity contribution in [3.8, 4) is 0 Å². The third-order valence-corrected chi connectivity index (χ3v) is 5.34. The van der Waals surface area contributed by atoms with E-state index >= 15 is 0 Å². The summed E-state index contributed by atoms with van der Waals surface area (Å²) >= 11 is 1.70. The van der Waals surface area contributed by atoms with Crippen molar-refractivity contribution < 1.29 is 4.79 Å². The number of imidazole rings is 1. The zero-order valence-electron chi connectivity index (χ0n) is 13.8. The van der Waals surface area contributed by atoms with Gasteiger partial charge in [0, 0.05) is 61.9 Å². The molecule has 1 aliphatic rings. The molecule has 5 nitrogen and oxygen atoms in total. The normalized spacial score (nSPS) is 18.6. The van der Waals surface area contributed by atoms with Crippen LogP contribution in [-0.4, -0.2) is 38.4 Å². The first-order valence-corrected chi connectivity index (χ1v) is 9.21. The molecule has 1 aliphatic heterocycles. The van der Waals surface area contributed by atoms with Crippen LogP contribution >= 0.6 is 11.3 Å². The Morgan fingerprint density at radius 1 is 1.39 bits per heavy atom. The van der Waals surface area contributed by atoms with E-state index in [0.717, 1.165) is 31.8 Å². The highest BCUT2D eigenvalue weighted by molar-refractivity contribution is 7.09. The number of rotatable bonds is 5. The number of hydrogen-bond acceptors (Lipinski definition) is 4. The molecule has 1 saturated heterocycles. The summed E-state index contributed by atoms with van der Waals surface area (Å²) < 4.78 is 2.10. The second-order valence-corrected chi connectivity index (χ2v) is 7.36. The molecule has 2 aromatic rings. The second kappa shape index (κ2) is 7.25. The van der Waals surface area contributed by atoms with Crippen LogP contribution in [0.1, 0.15) is 55.8 Å². The van der Waals surface area contributed by atoms with Crippen LogP contribution in [0, 0.1) is 0 Å². The molecule has 3 rings (SSSR count). The number of carbonyl (C=O) groups is 1. The summed E-state index contributed by atoms with van der Waals surface area (Å²) in [5, 5.41) is 3.18. The smallest absolute Gasteiger partial charge is 0.224 e. The Kier molecular flexibility index (Phi) is 5.10. The maximum Gasteiger partial charge on any atom is 0.224 e. The lowest BCUT2D eigenvalue weighted by Gasteiger charge is -2.32. The van der Waals surface area contributed by atoms with Crippen LogP contribution in [0.2, 0.25) is 0 Å². The largest absolute Gasteiger partial charge is 0.342 e. The van der Waals surface area contributed by atoms with Crippen LogP contribution in [0.3, 0.4) is 0 Å². The Hall–Kier alpha value is -1.69. The van der Waals surface area contributed by atoms with Gasteiger partial charge in [0.05, 0.1) is 5.01 Å². The SMILES string of the molecule is CC(C)c1nccn1CCC(=O)N1CCC[C@@H](c2nccs2)C1. The van der Waals surface area contributed by atoms with Gasteiger partial charge in [-0.3, -0.25) is 4.79 Å². The van der Waals surface area contributed by atoms with E-state index in [0.29, 0.717) is 24.8 Å². The highest BCUT2D eigenvalue weighted by atomic mass is 32.1. The van der Waals surface area contributed by atoms with Gasteiger partial charge >= 0.3 is 0 Å². The number of aromatic nitrogens is 3. The number of aryl methyl sites for hydroxylation is 1. The molecule has 2 aromatic heterocycles. The molecule has 3 heterocycles. The predicted molar refractivity (Wildman–Crippen MR) is 91.6 cm³/mol. The first-order valence-electron chi connectivity index (χ1n) is 8.33. The molecule has 1 atom stereocenters. The highest BCUT2D eigenvalue weighted by Gasteiger charge is 2.26. The van der Waals surface area contributed by atoms with E-state index < -0.39 is 0 Å². The van der Waals surface area contributed by atoms with Gasteiger partial charge in [0.15, 0.2) is 0 Å². The number of amides is 1. The van der Waals surface area contributed by atoms with E-state index in [4.69, 9.17) is 0 Å². The molecule has 23 heavy (non-hydrogen) atoms. The summed E-state index contributed by atoms with van der Waals surface area (Å²) in [5.41, 5.74) is 0. The van der Waals surface area contributed by atoms with Crippen molar-refractivity contribution in [2.45, 2.75) is 51.5 Å². The van der Waals surface area contributed by atoms with Crippen LogP contribution in [0.25, 0.3) is 0 Å². The van der Waals surface area contributed by atoms with Crippen molar-refractivity contribution in [3.05, 3.63) is 34.8 Å². The molecule has 124 valence electrons. The van der Waals surface area contributed by atoms with Crippen molar-refractivity contribution in [2.24, 2.45) is 0 Å². The molecule has 0 unspecified atom stereocenters. The van der Waals surface area contributed by atoms with E-state index in [-0.39, 0.29) is 5.91 Å². The van der Waals surface area contributed by atoms with Crippen LogP contribution in [-0.2, 0) is 11.3 Å². The third-order valence-electron chi connectivity index (χ3n) is 4.41. The Morgan fingerprint density at radius 2 is 2.26 bits per heavy atom. The molecular weight excluding hydrogens is 308 g/mol. The van der Waals surface area contributed by atoms with Crippen LogP contribution in [0.4, 0.5) is 0 Å². The number of likely N-dealkylation sites (tertiary alicyclic amines) is 1. The summed E-state index contributed by atoms with van der Waals surface area (Å²) in [6, 6.07) is 0. The van der Waals surface area contributed by atoms with Gasteiger partial charge in [-0.25, -0.2) is 9.97 Å². The molecule has 0 spiro atoms. The summed E-state index contributed by atoms with van der Waals surface area (Å²) in [4.78, 5) is 23.4. The quantitative estimate of drug-likeness (QED) is 0.844. The maximum atomic E-state index is 12.6. The van der Waals surface area contributed by atoms with Crippen molar-refractivity contribution in [1.82, 2.24) is 19.4 Å². The fraction of sp³-hybridized carbons (Fsp3) is 0.588. The number of piperidine rings is 1. The average Bonchev–Trinajstić information content (AvgIpc) is 3.24. The van der Waals surface area contributed by atoms with E-state index in [1.54, 1.807) is 11.3 Å². The lowest BCUT2D eigenvalue weighted by molar-refractivity contribution is -0.132. The Bertz CT molecular complexity index is 635. The summed E-state index contributed by atoms with van der Waals surface area (Å²) in [6.07, 6.45) is 8.39. The molecule has 0 aromatic carbocycles. The minimum absolute atomic E-state index is 0.245. The van der Waals surface area contributed by atoms with Gasteiger partial charge in [-0.15, -0.1) is 11.3 Å². The molecule has 0 radical (unpaired) electrons. The maximum absolute atomic E-state index is 12.6. The number of thiazole rings is 1. The molecule has 0 aliphatic carbocycles. The molecular formula is C17H24N4OS. The molecule has 0 N–H and O–H groups in total. The van der Waals surface area contributed by atoms with Crippen LogP contribution < -0.4 is 0 Å². The zero-order chi connectivity index (χ0) is 16.2. The van der Waals surface area contributed by atoms with Gasteiger partial charge in [-0.2, -0.15) is 0 Å². The minimum atomic E-state index is 0.245. The van der Waals surface area contributed by atoms with Gasteiger partial charge in [0.1, 0.15) is 5.82 Å². The fourth-order valence-electron chi connectivity index (χ4n) is 3.23. The van der Waals surface area contributed by atoms with Gasteiger partial charge < -0.3 is 9.47 Å². The molecule has 0 bridgehead atoms. The van der Waals surface area contributed by atoms with Crippen molar-refractivity contribution in [2.75, 3.05) is 13.1 Å². The molecule has 1 amide bonds. The van der Waals surface area contributed by atoms with E-state index in [2.05, 4.69) is 28.4 Å². The van der Waals surface area contributed by atoms with Crippen molar-refractivity contribution in [3.63, 3.8) is 0 Å². The molecule has 6 heteroatoms. The Balaban J connectivity index is 1.56. The van der Waals surface area contributed by atoms with Crippen LogP contribution in [0.15, 0.2) is 24.0 Å². The van der Waals surface area contributed by atoms with Crippen molar-refractivity contribution >= 4 is 17.2 Å². The molecule has 1 fully saturated rings. The monoisotopic (exact) mass is 332 g/mol. The van der Waals surface area contributed by atoms with Gasteiger partial charge in [0.25, 0.3) is 0 Å². The predicted octanol–water partition coefficient (Wildman–Crippen LogP) is 3.26. The summed E-state index contributed by atoms with van der Waals surface area (Å²) in [6.45, 7) is 6.66. The Labute approximate surface area is 141 Å². The number of carbonyl (C=O) groups excluding carboxylic acids is 1. The van der Waals surface area contributed by atoms with Gasteiger partial charge in [-0.05, 0) is 12.8 Å². The van der Waals surface area contributed by atoms with Gasteiger partial charge in [-0.1, -0.05) is 13.8 Å². The van der Waals surface area contributed by atoms with E-state index in [1.165, 1.54) is 5.01 Å². The minimum Gasteiger partial charge on any atom is -0.342 e. The second-order valence-electron chi connectivity index (χ2n) is 6.43. The highest BCUT2D eigenvalue weighted by Crippen LogP contribution is 2.28. The molecule has 0 saturated carbocycles. The summed E-state index contributed by atoms with van der Waals surface area (Å²) in [7, 11) is 0. The standard InChI is InChI=1S/C17H24N4OS/c1-13(2)16-18-6-10-20(16)9-5-15(22)21-8-3-4-14(12-21)17-19-7-11-23-17/h6-7,10-11,13-14H,3-5,8-9,12H2,1-2H3/t14-/m1/s1. The van der Waals surface area contributed by atoms with Gasteiger partial charge in [0.2, 0.25) is 5.91 Å². The first-order chi connectivity index (χ1) is 11.1. The summed E-state index contributed by atoms with van der Waals surface area (Å²) in [5.74, 6) is 2.09. The zero-order valence-corrected chi connectivity index (χ0v) is 14.6. The lowest BCUT2D eigenvalue weighted by Crippen LogP contribution is -2.39. The average molecular weight is 332 g/mol. The number of nitrogens with zero attached hydrogens (tertiary/aromatic N) is 4.